The highest BCUT2D eigenvalue weighted by Crippen LogP contribution is 2.30. The van der Waals surface area contributed by atoms with Crippen LogP contribution in [0.4, 0.5) is 16.2 Å². The van der Waals surface area contributed by atoms with Gasteiger partial charge in [0, 0.05) is 17.3 Å². The van der Waals surface area contributed by atoms with Crippen molar-refractivity contribution in [2.75, 3.05) is 16.8 Å². The first kappa shape index (κ1) is 13.3. The SMILES string of the molecule is O=C(Nc1cc(Cl)ccc1Cl)N1CCc2ccccc21. The van der Waals surface area contributed by atoms with Gasteiger partial charge >= 0.3 is 6.03 Å². The largest absolute Gasteiger partial charge is 0.326 e. The molecule has 20 heavy (non-hydrogen) atoms. The molecule has 0 radical (unpaired) electrons. The van der Waals surface area contributed by atoms with Crippen molar-refractivity contribution in [2.45, 2.75) is 6.42 Å². The number of anilines is 2. The molecule has 1 aliphatic rings. The van der Waals surface area contributed by atoms with Crippen LogP contribution in [0.3, 0.4) is 0 Å². The zero-order valence-corrected chi connectivity index (χ0v) is 12.1. The molecule has 2 aromatic carbocycles. The number of benzene rings is 2. The van der Waals surface area contributed by atoms with Crippen molar-refractivity contribution in [3.05, 3.63) is 58.1 Å². The van der Waals surface area contributed by atoms with Crippen LogP contribution in [0.25, 0.3) is 0 Å². The maximum Gasteiger partial charge on any atom is 0.326 e. The Morgan fingerprint density at radius 3 is 2.80 bits per heavy atom. The molecule has 0 aromatic heterocycles. The van der Waals surface area contributed by atoms with Crippen LogP contribution < -0.4 is 10.2 Å². The van der Waals surface area contributed by atoms with Gasteiger partial charge in [0.1, 0.15) is 0 Å². The van der Waals surface area contributed by atoms with E-state index >= 15 is 0 Å². The monoisotopic (exact) mass is 306 g/mol. The van der Waals surface area contributed by atoms with Crippen LogP contribution in [0.5, 0.6) is 0 Å². The van der Waals surface area contributed by atoms with E-state index in [1.165, 1.54) is 5.56 Å². The van der Waals surface area contributed by atoms with E-state index in [-0.39, 0.29) is 6.03 Å². The van der Waals surface area contributed by atoms with Gasteiger partial charge in [-0.3, -0.25) is 4.90 Å². The molecule has 3 nitrogen and oxygen atoms in total. The van der Waals surface area contributed by atoms with E-state index in [1.54, 1.807) is 23.1 Å². The summed E-state index contributed by atoms with van der Waals surface area (Å²) < 4.78 is 0. The normalized spacial score (nSPS) is 13.2. The van der Waals surface area contributed by atoms with E-state index < -0.39 is 0 Å². The predicted molar refractivity (Wildman–Crippen MR) is 83.0 cm³/mol. The highest BCUT2D eigenvalue weighted by atomic mass is 35.5. The minimum atomic E-state index is -0.195. The summed E-state index contributed by atoms with van der Waals surface area (Å²) in [5, 5.41) is 3.81. The fourth-order valence-corrected chi connectivity index (χ4v) is 2.66. The van der Waals surface area contributed by atoms with Gasteiger partial charge in [-0.05, 0) is 36.2 Å². The van der Waals surface area contributed by atoms with Gasteiger partial charge in [-0.2, -0.15) is 0 Å². The quantitative estimate of drug-likeness (QED) is 0.821. The number of para-hydroxylation sites is 1. The lowest BCUT2D eigenvalue weighted by Gasteiger charge is -2.18. The Kier molecular flexibility index (Phi) is 3.55. The van der Waals surface area contributed by atoms with Crippen molar-refractivity contribution in [1.82, 2.24) is 0 Å². The second-order valence-electron chi connectivity index (χ2n) is 4.58. The summed E-state index contributed by atoms with van der Waals surface area (Å²) in [5.41, 5.74) is 2.65. The first-order valence-corrected chi connectivity index (χ1v) is 7.02. The molecule has 1 heterocycles. The molecule has 0 saturated heterocycles. The fraction of sp³-hybridized carbons (Fsp3) is 0.133. The van der Waals surface area contributed by atoms with Gasteiger partial charge in [0.25, 0.3) is 0 Å². The third-order valence-corrected chi connectivity index (χ3v) is 3.87. The number of nitrogens with one attached hydrogen (secondary N) is 1. The molecule has 0 spiro atoms. The van der Waals surface area contributed by atoms with Crippen molar-refractivity contribution < 1.29 is 4.79 Å². The summed E-state index contributed by atoms with van der Waals surface area (Å²) in [5.74, 6) is 0. The predicted octanol–water partition coefficient (Wildman–Crippen LogP) is 4.59. The van der Waals surface area contributed by atoms with Crippen LogP contribution in [0, 0.1) is 0 Å². The molecule has 1 aliphatic heterocycles. The van der Waals surface area contributed by atoms with E-state index in [9.17, 15) is 4.79 Å². The molecule has 0 saturated carbocycles. The first-order valence-electron chi connectivity index (χ1n) is 6.26. The fourth-order valence-electron chi connectivity index (χ4n) is 2.33. The molecule has 5 heteroatoms. The van der Waals surface area contributed by atoms with Crippen molar-refractivity contribution in [1.29, 1.82) is 0 Å². The number of nitrogens with zero attached hydrogens (tertiary/aromatic N) is 1. The second kappa shape index (κ2) is 5.35. The summed E-state index contributed by atoms with van der Waals surface area (Å²) in [6, 6.07) is 12.7. The maximum atomic E-state index is 12.4. The van der Waals surface area contributed by atoms with Crippen molar-refractivity contribution in [3.8, 4) is 0 Å². The lowest BCUT2D eigenvalue weighted by atomic mass is 10.2. The lowest BCUT2D eigenvalue weighted by molar-refractivity contribution is 0.257. The van der Waals surface area contributed by atoms with Gasteiger partial charge in [-0.1, -0.05) is 41.4 Å². The van der Waals surface area contributed by atoms with Gasteiger partial charge in [0.15, 0.2) is 0 Å². The molecular formula is C15H12Cl2N2O. The Hall–Kier alpha value is -1.71. The Morgan fingerprint density at radius 1 is 1.15 bits per heavy atom. The Bertz CT molecular complexity index is 673. The number of amides is 2. The van der Waals surface area contributed by atoms with Crippen LogP contribution in [-0.2, 0) is 6.42 Å². The zero-order chi connectivity index (χ0) is 14.1. The molecule has 0 atom stereocenters. The van der Waals surface area contributed by atoms with Crippen LogP contribution in [0.2, 0.25) is 10.0 Å². The second-order valence-corrected chi connectivity index (χ2v) is 5.43. The molecule has 0 aliphatic carbocycles. The number of fused-ring (bicyclic) bond motifs is 1. The summed E-state index contributed by atoms with van der Waals surface area (Å²) in [7, 11) is 0. The van der Waals surface area contributed by atoms with Crippen LogP contribution in [0.15, 0.2) is 42.5 Å². The van der Waals surface area contributed by atoms with Crippen molar-refractivity contribution in [3.63, 3.8) is 0 Å². The Balaban J connectivity index is 1.83. The minimum Gasteiger partial charge on any atom is -0.306 e. The van der Waals surface area contributed by atoms with Crippen LogP contribution >= 0.6 is 23.2 Å². The van der Waals surface area contributed by atoms with Gasteiger partial charge in [0.2, 0.25) is 0 Å². The molecular weight excluding hydrogens is 295 g/mol. The summed E-state index contributed by atoms with van der Waals surface area (Å²) in [6.45, 7) is 0.670. The number of rotatable bonds is 1. The van der Waals surface area contributed by atoms with E-state index in [4.69, 9.17) is 23.2 Å². The van der Waals surface area contributed by atoms with E-state index in [2.05, 4.69) is 5.32 Å². The molecule has 102 valence electrons. The average Bonchev–Trinajstić information content (AvgIpc) is 2.87. The van der Waals surface area contributed by atoms with Crippen LogP contribution in [-0.4, -0.2) is 12.6 Å². The molecule has 0 unspecified atom stereocenters. The third-order valence-electron chi connectivity index (χ3n) is 3.30. The Labute approximate surface area is 127 Å². The summed E-state index contributed by atoms with van der Waals surface area (Å²) in [4.78, 5) is 14.1. The average molecular weight is 307 g/mol. The van der Waals surface area contributed by atoms with E-state index in [0.717, 1.165) is 12.1 Å². The number of carbonyl (C=O) groups is 1. The van der Waals surface area contributed by atoms with Crippen molar-refractivity contribution in [2.24, 2.45) is 0 Å². The highest BCUT2D eigenvalue weighted by Gasteiger charge is 2.24. The molecule has 0 bridgehead atoms. The molecule has 2 aromatic rings. The number of hydrogen-bond acceptors (Lipinski definition) is 1. The summed E-state index contributed by atoms with van der Waals surface area (Å²) in [6.07, 6.45) is 0.868. The highest BCUT2D eigenvalue weighted by molar-refractivity contribution is 6.35. The number of urea groups is 1. The van der Waals surface area contributed by atoms with Crippen molar-refractivity contribution >= 4 is 40.6 Å². The molecule has 3 rings (SSSR count). The standard InChI is InChI=1S/C15H12Cl2N2O/c16-11-5-6-12(17)13(9-11)18-15(20)19-8-7-10-3-1-2-4-14(10)19/h1-6,9H,7-8H2,(H,18,20). The third kappa shape index (κ3) is 2.47. The smallest absolute Gasteiger partial charge is 0.306 e. The topological polar surface area (TPSA) is 32.3 Å². The van der Waals surface area contributed by atoms with Gasteiger partial charge in [0.05, 0.1) is 10.7 Å². The van der Waals surface area contributed by atoms with E-state index in [0.29, 0.717) is 22.3 Å². The Morgan fingerprint density at radius 2 is 1.95 bits per heavy atom. The van der Waals surface area contributed by atoms with Gasteiger partial charge < -0.3 is 5.32 Å². The van der Waals surface area contributed by atoms with E-state index in [1.807, 2.05) is 24.3 Å². The maximum absolute atomic E-state index is 12.4. The number of hydrogen-bond donors (Lipinski definition) is 1. The molecule has 2 amide bonds. The first-order chi connectivity index (χ1) is 9.65. The van der Waals surface area contributed by atoms with Crippen LogP contribution in [0.1, 0.15) is 5.56 Å². The van der Waals surface area contributed by atoms with Gasteiger partial charge in [-0.15, -0.1) is 0 Å². The number of halogens is 2. The number of carbonyl (C=O) groups excluding carboxylic acids is 1. The van der Waals surface area contributed by atoms with Gasteiger partial charge in [-0.25, -0.2) is 4.79 Å². The molecule has 0 fully saturated rings. The summed E-state index contributed by atoms with van der Waals surface area (Å²) >= 11 is 12.0. The lowest BCUT2D eigenvalue weighted by Crippen LogP contribution is -2.33. The molecule has 1 N–H and O–H groups in total. The minimum absolute atomic E-state index is 0.195. The zero-order valence-electron chi connectivity index (χ0n) is 10.6.